The highest BCUT2D eigenvalue weighted by Crippen LogP contribution is 2.41. The molecular formula is C28H22F3N3O8S. The lowest BCUT2D eigenvalue weighted by molar-refractivity contribution is -0.385. The summed E-state index contributed by atoms with van der Waals surface area (Å²) in [5.41, 5.74) is -1.37. The zero-order valence-corrected chi connectivity index (χ0v) is 23.3. The number of methoxy groups -OCH3 is 1. The summed E-state index contributed by atoms with van der Waals surface area (Å²) in [5.74, 6) is -1.34. The number of halogens is 3. The summed E-state index contributed by atoms with van der Waals surface area (Å²) in [6, 6.07) is 12.7. The minimum Gasteiger partial charge on any atom is -0.495 e. The van der Waals surface area contributed by atoms with Crippen molar-refractivity contribution in [2.45, 2.75) is 13.1 Å². The summed E-state index contributed by atoms with van der Waals surface area (Å²) in [6.45, 7) is 1.24. The predicted molar refractivity (Wildman–Crippen MR) is 150 cm³/mol. The molecule has 0 bridgehead atoms. The Bertz CT molecular complexity index is 1630. The Morgan fingerprint density at radius 3 is 2.44 bits per heavy atom. The number of alkyl halides is 3. The number of nitrogens with one attached hydrogen (secondary N) is 1. The van der Waals surface area contributed by atoms with E-state index in [2.05, 4.69) is 5.32 Å². The van der Waals surface area contributed by atoms with Crippen molar-refractivity contribution in [1.82, 2.24) is 4.90 Å². The van der Waals surface area contributed by atoms with Crippen LogP contribution in [0.2, 0.25) is 0 Å². The highest BCUT2D eigenvalue weighted by molar-refractivity contribution is 8.18. The highest BCUT2D eigenvalue weighted by atomic mass is 32.2. The summed E-state index contributed by atoms with van der Waals surface area (Å²) in [6.07, 6.45) is -3.41. The molecule has 1 N–H and O–H groups in total. The second-order valence-corrected chi connectivity index (χ2v) is 9.69. The molecule has 1 aliphatic heterocycles. The number of ether oxygens (including phenoxy) is 3. The number of anilines is 1. The molecule has 0 unspecified atom stereocenters. The third-order valence-corrected chi connectivity index (χ3v) is 6.73. The number of amides is 3. The van der Waals surface area contributed by atoms with Gasteiger partial charge in [-0.1, -0.05) is 18.2 Å². The number of thioether (sulfide) groups is 1. The third kappa shape index (κ3) is 7.24. The molecule has 3 aromatic rings. The molecule has 1 aliphatic rings. The summed E-state index contributed by atoms with van der Waals surface area (Å²) in [5, 5.41) is 13.4. The first-order chi connectivity index (χ1) is 20.4. The van der Waals surface area contributed by atoms with Gasteiger partial charge in [-0.05, 0) is 66.7 Å². The first-order valence-corrected chi connectivity index (χ1v) is 13.2. The fourth-order valence-electron chi connectivity index (χ4n) is 3.88. The molecule has 0 aromatic heterocycles. The Labute approximate surface area is 246 Å². The van der Waals surface area contributed by atoms with Crippen molar-refractivity contribution in [1.29, 1.82) is 0 Å². The van der Waals surface area contributed by atoms with Crippen LogP contribution in [0.1, 0.15) is 18.1 Å². The average Bonchev–Trinajstić information content (AvgIpc) is 3.21. The Balaban J connectivity index is 1.54. The molecule has 1 fully saturated rings. The second-order valence-electron chi connectivity index (χ2n) is 8.69. The largest absolute Gasteiger partial charge is 0.495 e. The summed E-state index contributed by atoms with van der Waals surface area (Å²) in [7, 11) is 1.43. The molecular weight excluding hydrogens is 595 g/mol. The Morgan fingerprint density at radius 2 is 1.77 bits per heavy atom. The third-order valence-electron chi connectivity index (χ3n) is 5.82. The SMILES string of the molecule is CCOc1cc(/C=C2/SC(=O)N(CC(=O)Nc3ccccc3OC)C2=O)ccc1Oc1ccc(C(F)(F)F)cc1[N+](=O)[O-]. The minimum atomic E-state index is -4.79. The van der Waals surface area contributed by atoms with E-state index < -0.39 is 51.7 Å². The van der Waals surface area contributed by atoms with Crippen LogP contribution in [0.25, 0.3) is 6.08 Å². The molecule has 0 saturated carbocycles. The quantitative estimate of drug-likeness (QED) is 0.154. The highest BCUT2D eigenvalue weighted by Gasteiger charge is 2.37. The van der Waals surface area contributed by atoms with Gasteiger partial charge in [-0.15, -0.1) is 0 Å². The van der Waals surface area contributed by atoms with Crippen LogP contribution in [0.5, 0.6) is 23.0 Å². The number of imide groups is 1. The molecule has 0 aliphatic carbocycles. The van der Waals surface area contributed by atoms with E-state index in [4.69, 9.17) is 14.2 Å². The van der Waals surface area contributed by atoms with Crippen LogP contribution < -0.4 is 19.5 Å². The van der Waals surface area contributed by atoms with Gasteiger partial charge in [-0.3, -0.25) is 29.4 Å². The maximum Gasteiger partial charge on any atom is 0.416 e. The molecule has 15 heteroatoms. The van der Waals surface area contributed by atoms with Gasteiger partial charge in [0.2, 0.25) is 11.7 Å². The van der Waals surface area contributed by atoms with Crippen LogP contribution >= 0.6 is 11.8 Å². The van der Waals surface area contributed by atoms with Gasteiger partial charge in [-0.25, -0.2) is 0 Å². The molecule has 224 valence electrons. The van der Waals surface area contributed by atoms with E-state index in [-0.39, 0.29) is 23.0 Å². The summed E-state index contributed by atoms with van der Waals surface area (Å²) in [4.78, 5) is 49.3. The number of nitro benzene ring substituents is 1. The number of hydrogen-bond donors (Lipinski definition) is 1. The van der Waals surface area contributed by atoms with Gasteiger partial charge < -0.3 is 19.5 Å². The molecule has 3 amide bonds. The molecule has 0 radical (unpaired) electrons. The monoisotopic (exact) mass is 617 g/mol. The van der Waals surface area contributed by atoms with Crippen LogP contribution in [-0.4, -0.2) is 47.1 Å². The molecule has 3 aromatic carbocycles. The number of benzene rings is 3. The minimum absolute atomic E-state index is 0.0181. The lowest BCUT2D eigenvalue weighted by Crippen LogP contribution is -2.36. The Morgan fingerprint density at radius 1 is 1.05 bits per heavy atom. The summed E-state index contributed by atoms with van der Waals surface area (Å²) >= 11 is 0.622. The second kappa shape index (κ2) is 12.9. The van der Waals surface area contributed by atoms with E-state index >= 15 is 0 Å². The van der Waals surface area contributed by atoms with Crippen molar-refractivity contribution in [3.8, 4) is 23.0 Å². The Kier molecular flexibility index (Phi) is 9.24. The lowest BCUT2D eigenvalue weighted by atomic mass is 10.1. The number of carbonyl (C=O) groups excluding carboxylic acids is 3. The molecule has 0 atom stereocenters. The molecule has 0 spiro atoms. The summed E-state index contributed by atoms with van der Waals surface area (Å²) < 4.78 is 55.5. The van der Waals surface area contributed by atoms with Gasteiger partial charge in [0.25, 0.3) is 11.1 Å². The van der Waals surface area contributed by atoms with E-state index in [9.17, 15) is 37.7 Å². The molecule has 1 heterocycles. The van der Waals surface area contributed by atoms with Gasteiger partial charge >= 0.3 is 11.9 Å². The zero-order chi connectivity index (χ0) is 31.3. The molecule has 1 saturated heterocycles. The number of nitro groups is 1. The van der Waals surface area contributed by atoms with Gasteiger partial charge in [-0.2, -0.15) is 13.2 Å². The smallest absolute Gasteiger partial charge is 0.416 e. The van der Waals surface area contributed by atoms with Crippen LogP contribution in [0.15, 0.2) is 65.6 Å². The van der Waals surface area contributed by atoms with Crippen molar-refractivity contribution in [3.63, 3.8) is 0 Å². The van der Waals surface area contributed by atoms with E-state index in [0.717, 1.165) is 11.0 Å². The van der Waals surface area contributed by atoms with Crippen LogP contribution in [0.3, 0.4) is 0 Å². The molecule has 11 nitrogen and oxygen atoms in total. The normalized spacial score (nSPS) is 14.2. The van der Waals surface area contributed by atoms with Crippen molar-refractivity contribution in [2.24, 2.45) is 0 Å². The zero-order valence-electron chi connectivity index (χ0n) is 22.5. The Hall–Kier alpha value is -5.05. The molecule has 43 heavy (non-hydrogen) atoms. The first-order valence-electron chi connectivity index (χ1n) is 12.4. The van der Waals surface area contributed by atoms with Crippen molar-refractivity contribution < 1.29 is 46.7 Å². The number of nitrogens with zero attached hydrogens (tertiary/aromatic N) is 2. The maximum absolute atomic E-state index is 13.1. The number of rotatable bonds is 10. The average molecular weight is 618 g/mol. The predicted octanol–water partition coefficient (Wildman–Crippen LogP) is 6.49. The first kappa shape index (κ1) is 30.9. The molecule has 4 rings (SSSR count). The fraction of sp³-hybridized carbons (Fsp3) is 0.179. The van der Waals surface area contributed by atoms with Crippen molar-refractivity contribution >= 4 is 46.3 Å². The van der Waals surface area contributed by atoms with Gasteiger partial charge in [0.1, 0.15) is 12.3 Å². The maximum atomic E-state index is 13.1. The van der Waals surface area contributed by atoms with Crippen LogP contribution in [0.4, 0.5) is 29.3 Å². The number of hydrogen-bond acceptors (Lipinski definition) is 9. The van der Waals surface area contributed by atoms with Gasteiger partial charge in [0.15, 0.2) is 11.5 Å². The number of para-hydroxylation sites is 2. The van der Waals surface area contributed by atoms with Crippen molar-refractivity contribution in [2.75, 3.05) is 25.6 Å². The fourth-order valence-corrected chi connectivity index (χ4v) is 4.72. The van der Waals surface area contributed by atoms with Crippen LogP contribution in [-0.2, 0) is 15.8 Å². The van der Waals surface area contributed by atoms with E-state index in [0.29, 0.717) is 40.9 Å². The van der Waals surface area contributed by atoms with E-state index in [1.54, 1.807) is 31.2 Å². The van der Waals surface area contributed by atoms with Gasteiger partial charge in [0.05, 0.1) is 34.8 Å². The topological polar surface area (TPSA) is 137 Å². The van der Waals surface area contributed by atoms with E-state index in [1.807, 2.05) is 0 Å². The van der Waals surface area contributed by atoms with E-state index in [1.165, 1.54) is 31.4 Å². The van der Waals surface area contributed by atoms with Gasteiger partial charge in [0, 0.05) is 6.07 Å². The lowest BCUT2D eigenvalue weighted by Gasteiger charge is -2.14. The van der Waals surface area contributed by atoms with Crippen molar-refractivity contribution in [3.05, 3.63) is 86.8 Å². The standard InChI is InChI=1S/C28H22F3N3O8S/c1-3-41-23-12-16(8-10-22(23)42-21-11-9-17(28(29,30)31)14-19(21)34(38)39)13-24-26(36)33(27(37)43-24)15-25(35)32-18-6-4-5-7-20(18)40-2/h4-14H,3,15H2,1-2H3,(H,32,35)/b24-13+. The van der Waals surface area contributed by atoms with Crippen LogP contribution in [0, 0.1) is 10.1 Å². The number of carbonyl (C=O) groups is 3.